The molecule has 0 aromatic rings. The predicted octanol–water partition coefficient (Wildman–Crippen LogP) is 2.09. The highest BCUT2D eigenvalue weighted by atomic mass is 32.2. The van der Waals surface area contributed by atoms with Crippen LogP contribution in [0, 0.1) is 0 Å². The average Bonchev–Trinajstić information content (AvgIpc) is 2.49. The lowest BCUT2D eigenvalue weighted by Crippen LogP contribution is -2.57. The third kappa shape index (κ3) is 2.20. The van der Waals surface area contributed by atoms with Gasteiger partial charge in [-0.3, -0.25) is 4.90 Å². The molecule has 15 heavy (non-hydrogen) atoms. The topological polar surface area (TPSA) is 29.3 Å². The number of nitrogens with two attached hydrogens (primary N) is 1. The first kappa shape index (κ1) is 11.7. The van der Waals surface area contributed by atoms with Crippen molar-refractivity contribution in [1.82, 2.24) is 4.90 Å². The molecule has 2 atom stereocenters. The summed E-state index contributed by atoms with van der Waals surface area (Å²) in [4.78, 5) is 2.71. The van der Waals surface area contributed by atoms with Crippen LogP contribution in [0.3, 0.4) is 0 Å². The third-order valence-corrected chi connectivity index (χ3v) is 5.63. The molecule has 0 radical (unpaired) electrons. The smallest absolute Gasteiger partial charge is 0.0455 e. The lowest BCUT2D eigenvalue weighted by Gasteiger charge is -2.43. The Morgan fingerprint density at radius 3 is 2.40 bits per heavy atom. The summed E-state index contributed by atoms with van der Waals surface area (Å²) in [7, 11) is 0. The first-order valence-corrected chi connectivity index (χ1v) is 7.41. The van der Waals surface area contributed by atoms with Gasteiger partial charge in [-0.15, -0.1) is 0 Å². The highest BCUT2D eigenvalue weighted by Crippen LogP contribution is 2.40. The molecule has 0 aromatic heterocycles. The van der Waals surface area contributed by atoms with Crippen LogP contribution in [0.4, 0.5) is 0 Å². The minimum Gasteiger partial charge on any atom is -0.329 e. The van der Waals surface area contributed by atoms with E-state index in [1.807, 2.05) is 0 Å². The molecule has 2 saturated heterocycles. The molecule has 88 valence electrons. The summed E-state index contributed by atoms with van der Waals surface area (Å²) >= 11 is 2.11. The molecule has 2 nitrogen and oxygen atoms in total. The van der Waals surface area contributed by atoms with Crippen molar-refractivity contribution in [2.24, 2.45) is 5.73 Å². The van der Waals surface area contributed by atoms with Gasteiger partial charge in [0, 0.05) is 17.3 Å². The van der Waals surface area contributed by atoms with Crippen LogP contribution in [0.25, 0.3) is 0 Å². The zero-order valence-electron chi connectivity index (χ0n) is 9.87. The fourth-order valence-electron chi connectivity index (χ4n) is 3.10. The Morgan fingerprint density at radius 2 is 1.93 bits per heavy atom. The maximum absolute atomic E-state index is 6.09. The molecule has 0 spiro atoms. The molecule has 2 aliphatic heterocycles. The zero-order chi connectivity index (χ0) is 10.7. The number of hydrogen-bond donors (Lipinski definition) is 1. The molecule has 2 heterocycles. The van der Waals surface area contributed by atoms with E-state index in [-0.39, 0.29) is 0 Å². The Morgan fingerprint density at radius 1 is 1.27 bits per heavy atom. The second-order valence-electron chi connectivity index (χ2n) is 4.97. The maximum atomic E-state index is 6.09. The normalized spacial score (nSPS) is 39.2. The van der Waals surface area contributed by atoms with Gasteiger partial charge in [0.25, 0.3) is 0 Å². The average molecular weight is 228 g/mol. The molecule has 0 amide bonds. The van der Waals surface area contributed by atoms with Crippen molar-refractivity contribution in [1.29, 1.82) is 0 Å². The van der Waals surface area contributed by atoms with E-state index in [0.29, 0.717) is 5.54 Å². The quantitative estimate of drug-likeness (QED) is 0.785. The Hall–Kier alpha value is 0.270. The van der Waals surface area contributed by atoms with Gasteiger partial charge in [-0.1, -0.05) is 19.8 Å². The largest absolute Gasteiger partial charge is 0.329 e. The molecule has 0 aliphatic carbocycles. The van der Waals surface area contributed by atoms with Gasteiger partial charge in [0.1, 0.15) is 0 Å². The SMILES string of the molecule is CC1SCCC1(CN)N1CCCCCC1. The number of hydrogen-bond acceptors (Lipinski definition) is 3. The molecule has 0 saturated carbocycles. The van der Waals surface area contributed by atoms with Gasteiger partial charge in [0.05, 0.1) is 0 Å². The van der Waals surface area contributed by atoms with Crippen molar-refractivity contribution in [3.8, 4) is 0 Å². The van der Waals surface area contributed by atoms with Gasteiger partial charge in [-0.25, -0.2) is 0 Å². The molecule has 2 N–H and O–H groups in total. The number of rotatable bonds is 2. The Labute approximate surface area is 98.0 Å². The van der Waals surface area contributed by atoms with Crippen LogP contribution in [0.5, 0.6) is 0 Å². The van der Waals surface area contributed by atoms with Gasteiger partial charge in [0.15, 0.2) is 0 Å². The summed E-state index contributed by atoms with van der Waals surface area (Å²) in [6.45, 7) is 5.78. The van der Waals surface area contributed by atoms with E-state index in [4.69, 9.17) is 5.73 Å². The minimum absolute atomic E-state index is 0.328. The molecule has 3 heteroatoms. The first-order valence-electron chi connectivity index (χ1n) is 6.36. The Balaban J connectivity index is 2.09. The fourth-order valence-corrected chi connectivity index (χ4v) is 4.60. The van der Waals surface area contributed by atoms with Crippen LogP contribution in [0.15, 0.2) is 0 Å². The van der Waals surface area contributed by atoms with Crippen molar-refractivity contribution in [3.05, 3.63) is 0 Å². The van der Waals surface area contributed by atoms with Gasteiger partial charge in [0.2, 0.25) is 0 Å². The van der Waals surface area contributed by atoms with E-state index in [9.17, 15) is 0 Å². The zero-order valence-corrected chi connectivity index (χ0v) is 10.7. The summed E-state index contributed by atoms with van der Waals surface area (Å²) in [5.74, 6) is 1.30. The molecule has 0 bridgehead atoms. The third-order valence-electron chi connectivity index (χ3n) is 4.25. The van der Waals surface area contributed by atoms with Crippen LogP contribution in [0.1, 0.15) is 39.0 Å². The van der Waals surface area contributed by atoms with Gasteiger partial charge in [-0.05, 0) is 38.1 Å². The monoisotopic (exact) mass is 228 g/mol. The van der Waals surface area contributed by atoms with Crippen molar-refractivity contribution >= 4 is 11.8 Å². The van der Waals surface area contributed by atoms with Crippen LogP contribution in [-0.2, 0) is 0 Å². The van der Waals surface area contributed by atoms with Crippen molar-refractivity contribution < 1.29 is 0 Å². The lowest BCUT2D eigenvalue weighted by atomic mass is 9.90. The van der Waals surface area contributed by atoms with Gasteiger partial charge < -0.3 is 5.73 Å². The van der Waals surface area contributed by atoms with Crippen molar-refractivity contribution in [2.75, 3.05) is 25.4 Å². The summed E-state index contributed by atoms with van der Waals surface area (Å²) in [6, 6.07) is 0. The molecule has 2 unspecified atom stereocenters. The van der Waals surface area contributed by atoms with E-state index in [1.165, 1.54) is 50.9 Å². The summed E-state index contributed by atoms with van der Waals surface area (Å²) in [5.41, 5.74) is 6.41. The van der Waals surface area contributed by atoms with E-state index >= 15 is 0 Å². The molecular formula is C12H24N2S. The van der Waals surface area contributed by atoms with Crippen molar-refractivity contribution in [3.63, 3.8) is 0 Å². The van der Waals surface area contributed by atoms with Crippen LogP contribution in [0.2, 0.25) is 0 Å². The summed E-state index contributed by atoms with van der Waals surface area (Å²) < 4.78 is 0. The van der Waals surface area contributed by atoms with Gasteiger partial charge >= 0.3 is 0 Å². The number of nitrogens with zero attached hydrogens (tertiary/aromatic N) is 1. The second-order valence-corrected chi connectivity index (χ2v) is 6.42. The van der Waals surface area contributed by atoms with Crippen LogP contribution >= 0.6 is 11.8 Å². The molecule has 2 aliphatic rings. The summed E-state index contributed by atoms with van der Waals surface area (Å²) in [6.07, 6.45) is 6.88. The summed E-state index contributed by atoms with van der Waals surface area (Å²) in [5, 5.41) is 0.723. The molecule has 0 aromatic carbocycles. The fraction of sp³-hybridized carbons (Fsp3) is 1.00. The highest BCUT2D eigenvalue weighted by molar-refractivity contribution is 8.00. The standard InChI is InChI=1S/C12H24N2S/c1-11-12(10-13,6-9-15-11)14-7-4-2-3-5-8-14/h11H,2-10,13H2,1H3. The maximum Gasteiger partial charge on any atom is 0.0455 e. The first-order chi connectivity index (χ1) is 7.29. The number of thioether (sulfide) groups is 1. The van der Waals surface area contributed by atoms with E-state index in [1.54, 1.807) is 0 Å². The lowest BCUT2D eigenvalue weighted by molar-refractivity contribution is 0.102. The highest BCUT2D eigenvalue weighted by Gasteiger charge is 2.44. The van der Waals surface area contributed by atoms with E-state index < -0.39 is 0 Å². The molecular weight excluding hydrogens is 204 g/mol. The molecule has 2 rings (SSSR count). The Bertz CT molecular complexity index is 202. The van der Waals surface area contributed by atoms with Gasteiger partial charge in [-0.2, -0.15) is 11.8 Å². The molecule has 2 fully saturated rings. The Kier molecular flexibility index (Phi) is 3.97. The second kappa shape index (κ2) is 5.07. The number of likely N-dealkylation sites (tertiary alicyclic amines) is 1. The van der Waals surface area contributed by atoms with Crippen LogP contribution in [-0.4, -0.2) is 41.1 Å². The predicted molar refractivity (Wildman–Crippen MR) is 68.4 cm³/mol. The van der Waals surface area contributed by atoms with E-state index in [0.717, 1.165) is 11.8 Å². The van der Waals surface area contributed by atoms with Crippen LogP contribution < -0.4 is 5.73 Å². The minimum atomic E-state index is 0.328. The van der Waals surface area contributed by atoms with E-state index in [2.05, 4.69) is 23.6 Å². The van der Waals surface area contributed by atoms with Crippen molar-refractivity contribution in [2.45, 2.75) is 49.8 Å².